The number of hydrogen-bond donors (Lipinski definition) is 2. The Labute approximate surface area is 202 Å². The molecule has 2 N–H and O–H groups in total. The number of ether oxygens (including phenoxy) is 2. The van der Waals surface area contributed by atoms with E-state index in [1.54, 1.807) is 18.9 Å². The van der Waals surface area contributed by atoms with Gasteiger partial charge in [-0.3, -0.25) is 14.5 Å². The van der Waals surface area contributed by atoms with E-state index in [9.17, 15) is 14.4 Å². The van der Waals surface area contributed by atoms with Crippen LogP contribution in [0.5, 0.6) is 0 Å². The largest absolute Gasteiger partial charge is 0.465 e. The van der Waals surface area contributed by atoms with Crippen LogP contribution in [0.2, 0.25) is 0 Å². The summed E-state index contributed by atoms with van der Waals surface area (Å²) < 4.78 is 10.6. The topological polar surface area (TPSA) is 110 Å². The zero-order chi connectivity index (χ0) is 24.9. The lowest BCUT2D eigenvalue weighted by molar-refractivity contribution is -0.145. The zero-order valence-corrected chi connectivity index (χ0v) is 21.0. The van der Waals surface area contributed by atoms with Crippen LogP contribution in [0.1, 0.15) is 58.2 Å². The van der Waals surface area contributed by atoms with Gasteiger partial charge in [0.25, 0.3) is 0 Å². The van der Waals surface area contributed by atoms with Crippen molar-refractivity contribution in [3.63, 3.8) is 0 Å². The minimum atomic E-state index is -0.558. The molecule has 9 heteroatoms. The standard InChI is InChI=1S/C25H38N4O5/c1-6-33-23(31)20(26-5)15-27-22(30)18-12-16(13-18)14-19-10-9-17-8-7-11-29(21(17)28-19)24(32)34-25(2,3)4/h9-10,16,18,20,26H,6-8,11-15H2,1-5H3,(H,27,30)/t16-,18+,20-/m0/s1. The summed E-state index contributed by atoms with van der Waals surface area (Å²) in [5.74, 6) is 0.611. The van der Waals surface area contributed by atoms with Gasteiger partial charge in [0, 0.05) is 24.7 Å². The van der Waals surface area contributed by atoms with Crippen LogP contribution >= 0.6 is 0 Å². The molecule has 1 fully saturated rings. The van der Waals surface area contributed by atoms with Gasteiger partial charge in [-0.1, -0.05) is 6.07 Å². The third-order valence-corrected chi connectivity index (χ3v) is 6.22. The first-order valence-electron chi connectivity index (χ1n) is 12.2. The van der Waals surface area contributed by atoms with Gasteiger partial charge >= 0.3 is 12.1 Å². The van der Waals surface area contributed by atoms with Crippen molar-refractivity contribution < 1.29 is 23.9 Å². The number of rotatable bonds is 8. The number of esters is 1. The molecule has 0 aromatic carbocycles. The van der Waals surface area contributed by atoms with Gasteiger partial charge in [-0.2, -0.15) is 0 Å². The van der Waals surface area contributed by atoms with E-state index in [2.05, 4.69) is 16.7 Å². The molecule has 3 rings (SSSR count). The molecule has 0 unspecified atom stereocenters. The summed E-state index contributed by atoms with van der Waals surface area (Å²) in [7, 11) is 1.67. The van der Waals surface area contributed by atoms with Crippen LogP contribution in [0.3, 0.4) is 0 Å². The highest BCUT2D eigenvalue weighted by Crippen LogP contribution is 2.37. The van der Waals surface area contributed by atoms with Gasteiger partial charge in [0.05, 0.1) is 6.61 Å². The predicted molar refractivity (Wildman–Crippen MR) is 129 cm³/mol. The van der Waals surface area contributed by atoms with E-state index in [1.165, 1.54) is 0 Å². The van der Waals surface area contributed by atoms with Gasteiger partial charge in [-0.05, 0) is 84.4 Å². The van der Waals surface area contributed by atoms with Crippen molar-refractivity contribution in [2.75, 3.05) is 31.6 Å². The molecule has 1 aliphatic heterocycles. The molecule has 0 saturated heterocycles. The van der Waals surface area contributed by atoms with Crippen molar-refractivity contribution >= 4 is 23.8 Å². The first-order valence-corrected chi connectivity index (χ1v) is 12.2. The van der Waals surface area contributed by atoms with E-state index in [1.807, 2.05) is 26.8 Å². The van der Waals surface area contributed by atoms with Crippen LogP contribution in [0.4, 0.5) is 10.6 Å². The minimum Gasteiger partial charge on any atom is -0.465 e. The number of hydrogen-bond acceptors (Lipinski definition) is 7. The Morgan fingerprint density at radius 2 is 1.97 bits per heavy atom. The molecule has 9 nitrogen and oxygen atoms in total. The highest BCUT2D eigenvalue weighted by molar-refractivity contribution is 5.88. The second-order valence-electron chi connectivity index (χ2n) is 10.1. The highest BCUT2D eigenvalue weighted by Gasteiger charge is 2.35. The molecule has 188 valence electrons. The Kier molecular flexibility index (Phi) is 8.52. The third kappa shape index (κ3) is 6.68. The average Bonchev–Trinajstić information content (AvgIpc) is 2.74. The SMILES string of the molecule is CCOC(=O)[C@H](CNC(=O)[C@H]1C[C@@H](Cc2ccc3c(n2)N(C(=O)OC(C)(C)C)CCC3)C1)NC. The van der Waals surface area contributed by atoms with Crippen molar-refractivity contribution in [1.29, 1.82) is 0 Å². The van der Waals surface area contributed by atoms with Crippen LogP contribution in [-0.2, 0) is 31.9 Å². The Morgan fingerprint density at radius 3 is 2.62 bits per heavy atom. The zero-order valence-electron chi connectivity index (χ0n) is 21.0. The average molecular weight is 475 g/mol. The summed E-state index contributed by atoms with van der Waals surface area (Å²) in [5.41, 5.74) is 1.43. The van der Waals surface area contributed by atoms with Crippen LogP contribution in [0.25, 0.3) is 0 Å². The lowest BCUT2D eigenvalue weighted by atomic mass is 9.72. The third-order valence-electron chi connectivity index (χ3n) is 6.22. The summed E-state index contributed by atoms with van der Waals surface area (Å²) in [5, 5.41) is 5.73. The molecule has 1 aliphatic carbocycles. The van der Waals surface area contributed by atoms with Gasteiger partial charge in [-0.15, -0.1) is 0 Å². The van der Waals surface area contributed by atoms with Crippen LogP contribution in [0, 0.1) is 11.8 Å². The van der Waals surface area contributed by atoms with E-state index < -0.39 is 11.6 Å². The number of aryl methyl sites for hydroxylation is 1. The molecule has 1 aromatic heterocycles. The number of aromatic nitrogens is 1. The monoisotopic (exact) mass is 474 g/mol. The molecule has 34 heavy (non-hydrogen) atoms. The molecule has 0 bridgehead atoms. The van der Waals surface area contributed by atoms with Gasteiger partial charge in [0.1, 0.15) is 17.5 Å². The molecule has 2 heterocycles. The molecule has 1 saturated carbocycles. The van der Waals surface area contributed by atoms with E-state index in [0.29, 0.717) is 24.9 Å². The fourth-order valence-corrected chi connectivity index (χ4v) is 4.39. The fraction of sp³-hybridized carbons (Fsp3) is 0.680. The molecule has 1 atom stereocenters. The normalized spacial score (nSPS) is 20.6. The first-order chi connectivity index (χ1) is 16.1. The predicted octanol–water partition coefficient (Wildman–Crippen LogP) is 2.61. The number of anilines is 1. The summed E-state index contributed by atoms with van der Waals surface area (Å²) in [6, 6.07) is 3.54. The Morgan fingerprint density at radius 1 is 1.24 bits per heavy atom. The quantitative estimate of drug-likeness (QED) is 0.557. The number of carbonyl (C=O) groups excluding carboxylic acids is 3. The van der Waals surface area contributed by atoms with Crippen LogP contribution < -0.4 is 15.5 Å². The van der Waals surface area contributed by atoms with Gasteiger partial charge in [-0.25, -0.2) is 9.78 Å². The van der Waals surface area contributed by atoms with Gasteiger partial charge in [0.15, 0.2) is 0 Å². The van der Waals surface area contributed by atoms with E-state index >= 15 is 0 Å². The highest BCUT2D eigenvalue weighted by atomic mass is 16.6. The number of pyridine rings is 1. The summed E-state index contributed by atoms with van der Waals surface area (Å²) in [4.78, 5) is 43.5. The number of amides is 2. The lowest BCUT2D eigenvalue weighted by Gasteiger charge is -2.35. The van der Waals surface area contributed by atoms with Crippen molar-refractivity contribution in [3.05, 3.63) is 23.4 Å². The minimum absolute atomic E-state index is 0.0321. The number of carbonyl (C=O) groups is 3. The molecule has 1 aromatic rings. The maximum atomic E-state index is 12.7. The van der Waals surface area contributed by atoms with Crippen molar-refractivity contribution in [2.24, 2.45) is 11.8 Å². The summed E-state index contributed by atoms with van der Waals surface area (Å²) >= 11 is 0. The molecule has 2 amide bonds. The summed E-state index contributed by atoms with van der Waals surface area (Å²) in [6.45, 7) is 8.45. The van der Waals surface area contributed by atoms with Gasteiger partial charge in [0.2, 0.25) is 5.91 Å². The first kappa shape index (κ1) is 25.9. The molecule has 2 aliphatic rings. The summed E-state index contributed by atoms with van der Waals surface area (Å²) in [6.07, 6.45) is 3.75. The van der Waals surface area contributed by atoms with Crippen molar-refractivity contribution in [2.45, 2.75) is 71.4 Å². The van der Waals surface area contributed by atoms with E-state index in [4.69, 9.17) is 14.5 Å². The Bertz CT molecular complexity index is 892. The Balaban J connectivity index is 1.52. The second-order valence-corrected chi connectivity index (χ2v) is 10.1. The fourth-order valence-electron chi connectivity index (χ4n) is 4.39. The van der Waals surface area contributed by atoms with E-state index in [0.717, 1.165) is 43.4 Å². The van der Waals surface area contributed by atoms with Crippen LogP contribution in [-0.4, -0.2) is 61.3 Å². The molecular weight excluding hydrogens is 436 g/mol. The smallest absolute Gasteiger partial charge is 0.416 e. The lowest BCUT2D eigenvalue weighted by Crippen LogP contribution is -2.48. The number of nitrogens with one attached hydrogen (secondary N) is 2. The number of likely N-dealkylation sites (N-methyl/N-ethyl adjacent to an activating group) is 1. The molecule has 0 radical (unpaired) electrons. The number of nitrogens with zero attached hydrogens (tertiary/aromatic N) is 2. The molecular formula is C25H38N4O5. The maximum Gasteiger partial charge on any atom is 0.416 e. The second kappa shape index (κ2) is 11.2. The van der Waals surface area contributed by atoms with E-state index in [-0.39, 0.29) is 30.4 Å². The maximum absolute atomic E-state index is 12.7. The van der Waals surface area contributed by atoms with Crippen LogP contribution in [0.15, 0.2) is 12.1 Å². The van der Waals surface area contributed by atoms with Crippen molar-refractivity contribution in [3.8, 4) is 0 Å². The molecule has 0 spiro atoms. The Hall–Kier alpha value is -2.68. The van der Waals surface area contributed by atoms with Gasteiger partial charge < -0.3 is 20.1 Å². The van der Waals surface area contributed by atoms with Crippen molar-refractivity contribution in [1.82, 2.24) is 15.6 Å². The number of fused-ring (bicyclic) bond motifs is 1.